The fraction of sp³-hybridized carbons (Fsp3) is 0.455. The third kappa shape index (κ3) is 3.81. The molecule has 1 aliphatic carbocycles. The van der Waals surface area contributed by atoms with Crippen molar-refractivity contribution in [3.05, 3.63) is 41.3 Å². The van der Waals surface area contributed by atoms with E-state index in [1.165, 1.54) is 7.11 Å². The molecule has 1 aliphatic rings. The second kappa shape index (κ2) is 8.00. The van der Waals surface area contributed by atoms with E-state index in [1.807, 2.05) is 32.9 Å². The molecule has 160 valence electrons. The smallest absolute Gasteiger partial charge is 0.244 e. The highest BCUT2D eigenvalue weighted by Gasteiger charge is 2.26. The van der Waals surface area contributed by atoms with Crippen LogP contribution in [0.1, 0.15) is 49.2 Å². The number of benzene rings is 1. The standard InChI is InChI=1S/C22H28N4O3S/c1-14-12-15(2)26-22(23-14)21(16(3)24-26)17-10-11-19(29-4)20(13-17)30(27,28)25-18-8-6-5-7-9-18/h10-13,18,25H,5-9H2,1-4H3. The van der Waals surface area contributed by atoms with Crippen molar-refractivity contribution in [1.82, 2.24) is 19.3 Å². The lowest BCUT2D eigenvalue weighted by molar-refractivity contribution is 0.397. The molecule has 3 aromatic rings. The van der Waals surface area contributed by atoms with E-state index in [-0.39, 0.29) is 10.9 Å². The van der Waals surface area contributed by atoms with Crippen LogP contribution in [0.25, 0.3) is 16.8 Å². The van der Waals surface area contributed by atoms with Gasteiger partial charge in [0.2, 0.25) is 10.0 Å². The Morgan fingerprint density at radius 1 is 1.10 bits per heavy atom. The number of aromatic nitrogens is 3. The highest BCUT2D eigenvalue weighted by Crippen LogP contribution is 2.34. The summed E-state index contributed by atoms with van der Waals surface area (Å²) in [6.07, 6.45) is 5.01. The fourth-order valence-electron chi connectivity index (χ4n) is 4.31. The zero-order valence-electron chi connectivity index (χ0n) is 17.9. The number of ether oxygens (including phenoxy) is 1. The Kier molecular flexibility index (Phi) is 5.55. The van der Waals surface area contributed by atoms with Gasteiger partial charge in [0.1, 0.15) is 10.6 Å². The van der Waals surface area contributed by atoms with Gasteiger partial charge in [0.05, 0.1) is 12.8 Å². The van der Waals surface area contributed by atoms with Crippen molar-refractivity contribution >= 4 is 15.7 Å². The molecular formula is C22H28N4O3S. The Hall–Kier alpha value is -2.45. The molecule has 1 N–H and O–H groups in total. The van der Waals surface area contributed by atoms with Gasteiger partial charge < -0.3 is 4.74 Å². The van der Waals surface area contributed by atoms with Crippen LogP contribution < -0.4 is 9.46 Å². The lowest BCUT2D eigenvalue weighted by atomic mass is 9.96. The minimum Gasteiger partial charge on any atom is -0.495 e. The van der Waals surface area contributed by atoms with Gasteiger partial charge in [0, 0.05) is 23.0 Å². The third-order valence-electron chi connectivity index (χ3n) is 5.74. The van der Waals surface area contributed by atoms with Crippen molar-refractivity contribution in [2.75, 3.05) is 7.11 Å². The first-order chi connectivity index (χ1) is 14.3. The van der Waals surface area contributed by atoms with E-state index in [4.69, 9.17) is 4.74 Å². The topological polar surface area (TPSA) is 85.6 Å². The average Bonchev–Trinajstić information content (AvgIpc) is 3.04. The van der Waals surface area contributed by atoms with Gasteiger partial charge in [-0.2, -0.15) is 5.10 Å². The molecule has 0 unspecified atom stereocenters. The first-order valence-electron chi connectivity index (χ1n) is 10.3. The summed E-state index contributed by atoms with van der Waals surface area (Å²) in [5, 5.41) is 4.62. The number of nitrogens with zero attached hydrogens (tertiary/aromatic N) is 3. The van der Waals surface area contributed by atoms with Crippen molar-refractivity contribution in [3.8, 4) is 16.9 Å². The van der Waals surface area contributed by atoms with Crippen LogP contribution in [0.5, 0.6) is 5.75 Å². The third-order valence-corrected chi connectivity index (χ3v) is 7.28. The Labute approximate surface area is 177 Å². The molecule has 0 amide bonds. The molecule has 30 heavy (non-hydrogen) atoms. The van der Waals surface area contributed by atoms with Crippen LogP contribution in [0.4, 0.5) is 0 Å². The monoisotopic (exact) mass is 428 g/mol. The molecule has 0 bridgehead atoms. The number of sulfonamides is 1. The number of rotatable bonds is 5. The van der Waals surface area contributed by atoms with Crippen molar-refractivity contribution in [1.29, 1.82) is 0 Å². The van der Waals surface area contributed by atoms with E-state index in [9.17, 15) is 8.42 Å². The molecule has 2 aromatic heterocycles. The van der Waals surface area contributed by atoms with Gasteiger partial charge in [-0.05, 0) is 57.4 Å². The summed E-state index contributed by atoms with van der Waals surface area (Å²) < 4.78 is 36.5. The van der Waals surface area contributed by atoms with Crippen LogP contribution in [0.2, 0.25) is 0 Å². The van der Waals surface area contributed by atoms with Crippen molar-refractivity contribution in [2.24, 2.45) is 0 Å². The molecular weight excluding hydrogens is 400 g/mol. The van der Waals surface area contributed by atoms with Crippen molar-refractivity contribution < 1.29 is 13.2 Å². The van der Waals surface area contributed by atoms with Crippen LogP contribution in [-0.2, 0) is 10.0 Å². The summed E-state index contributed by atoms with van der Waals surface area (Å²) in [6.45, 7) is 5.84. The number of hydrogen-bond donors (Lipinski definition) is 1. The zero-order valence-corrected chi connectivity index (χ0v) is 18.7. The summed E-state index contributed by atoms with van der Waals surface area (Å²) in [5.41, 5.74) is 4.97. The molecule has 4 rings (SSSR count). The van der Waals surface area contributed by atoms with Gasteiger partial charge in [-0.1, -0.05) is 25.3 Å². The maximum atomic E-state index is 13.2. The lowest BCUT2D eigenvalue weighted by Gasteiger charge is -2.23. The molecule has 0 radical (unpaired) electrons. The van der Waals surface area contributed by atoms with Crippen LogP contribution in [0.3, 0.4) is 0 Å². The molecule has 0 spiro atoms. The highest BCUT2D eigenvalue weighted by atomic mass is 32.2. The predicted molar refractivity (Wildman–Crippen MR) is 116 cm³/mol. The van der Waals surface area contributed by atoms with Crippen molar-refractivity contribution in [2.45, 2.75) is 63.8 Å². The van der Waals surface area contributed by atoms with Gasteiger partial charge >= 0.3 is 0 Å². The van der Waals surface area contributed by atoms with Crippen LogP contribution in [0.15, 0.2) is 29.2 Å². The fourth-order valence-corrected chi connectivity index (χ4v) is 5.81. The largest absolute Gasteiger partial charge is 0.495 e. The van der Waals surface area contributed by atoms with Crippen LogP contribution in [0, 0.1) is 20.8 Å². The Morgan fingerprint density at radius 2 is 1.83 bits per heavy atom. The van der Waals surface area contributed by atoms with Gasteiger partial charge in [-0.3, -0.25) is 0 Å². The molecule has 0 atom stereocenters. The van der Waals surface area contributed by atoms with Crippen LogP contribution >= 0.6 is 0 Å². The number of nitrogens with one attached hydrogen (secondary N) is 1. The number of fused-ring (bicyclic) bond motifs is 1. The number of aryl methyl sites for hydroxylation is 3. The minimum absolute atomic E-state index is 0.0252. The highest BCUT2D eigenvalue weighted by molar-refractivity contribution is 7.89. The minimum atomic E-state index is -3.72. The van der Waals surface area contributed by atoms with Gasteiger partial charge in [0.25, 0.3) is 0 Å². The summed E-state index contributed by atoms with van der Waals surface area (Å²) in [4.78, 5) is 4.82. The quantitative estimate of drug-likeness (QED) is 0.665. The van der Waals surface area contributed by atoms with Crippen molar-refractivity contribution in [3.63, 3.8) is 0 Å². The second-order valence-corrected chi connectivity index (χ2v) is 9.74. The average molecular weight is 429 g/mol. The van der Waals surface area contributed by atoms with Crippen LogP contribution in [-0.4, -0.2) is 36.2 Å². The van der Waals surface area contributed by atoms with Gasteiger partial charge in [-0.15, -0.1) is 0 Å². The molecule has 1 saturated carbocycles. The first kappa shape index (κ1) is 20.8. The number of hydrogen-bond acceptors (Lipinski definition) is 5. The Balaban J connectivity index is 1.82. The molecule has 7 nitrogen and oxygen atoms in total. The van der Waals surface area contributed by atoms with E-state index < -0.39 is 10.0 Å². The zero-order chi connectivity index (χ0) is 21.5. The maximum Gasteiger partial charge on any atom is 0.244 e. The molecule has 1 aromatic carbocycles. The Bertz CT molecular complexity index is 1190. The van der Waals surface area contributed by atoms with E-state index in [0.29, 0.717) is 5.75 Å². The summed E-state index contributed by atoms with van der Waals surface area (Å²) in [6, 6.07) is 7.19. The molecule has 8 heteroatoms. The summed E-state index contributed by atoms with van der Waals surface area (Å²) in [7, 11) is -2.23. The number of methoxy groups -OCH3 is 1. The summed E-state index contributed by atoms with van der Waals surface area (Å²) in [5.74, 6) is 0.330. The second-order valence-electron chi connectivity index (χ2n) is 8.06. The van der Waals surface area contributed by atoms with E-state index in [2.05, 4.69) is 14.8 Å². The molecule has 0 aliphatic heterocycles. The van der Waals surface area contributed by atoms with E-state index in [1.54, 1.807) is 16.6 Å². The lowest BCUT2D eigenvalue weighted by Crippen LogP contribution is -2.36. The molecule has 1 fully saturated rings. The van der Waals surface area contributed by atoms with E-state index >= 15 is 0 Å². The summed E-state index contributed by atoms with van der Waals surface area (Å²) >= 11 is 0. The Morgan fingerprint density at radius 3 is 2.53 bits per heavy atom. The normalized spacial score (nSPS) is 15.6. The molecule has 0 saturated heterocycles. The van der Waals surface area contributed by atoms with E-state index in [0.717, 1.165) is 66.0 Å². The first-order valence-corrected chi connectivity index (χ1v) is 11.8. The SMILES string of the molecule is COc1ccc(-c2c(C)nn3c(C)cc(C)nc23)cc1S(=O)(=O)NC1CCCCC1. The van der Waals surface area contributed by atoms with Gasteiger partial charge in [0.15, 0.2) is 5.65 Å². The predicted octanol–water partition coefficient (Wildman–Crippen LogP) is 3.94. The maximum absolute atomic E-state index is 13.2. The van der Waals surface area contributed by atoms with Gasteiger partial charge in [-0.25, -0.2) is 22.6 Å². The molecule has 2 heterocycles.